The molecule has 0 saturated carbocycles. The first kappa shape index (κ1) is 27.6. The second-order valence-corrected chi connectivity index (χ2v) is 15.3. The molecule has 1 saturated heterocycles. The molecule has 1 N–H and O–H groups in total. The number of ether oxygens (including phenoxy) is 1. The van der Waals surface area contributed by atoms with Crippen molar-refractivity contribution in [1.29, 1.82) is 0 Å². The van der Waals surface area contributed by atoms with Crippen LogP contribution in [0, 0.1) is 11.3 Å². The molecule has 4 aromatic rings. The van der Waals surface area contributed by atoms with Gasteiger partial charge in [0.1, 0.15) is 11.2 Å². The number of rotatable bonds is 6. The molecule has 1 atom stereocenters. The SMILES string of the molecule is CC(C)(C)[C@@H]1CCc2c(sc3ncn4c(SCC(=O)Nc5ccc(S(=O)(=O)N6CCOCC6)cc5)nnc4c23)C1. The molecule has 1 aliphatic carbocycles. The van der Waals surface area contributed by atoms with Crippen LogP contribution in [-0.4, -0.2) is 70.3 Å². The molecular formula is C27H32N6O4S3. The van der Waals surface area contributed by atoms with Crippen molar-refractivity contribution in [2.45, 2.75) is 50.1 Å². The molecule has 0 unspecified atom stereocenters. The second kappa shape index (κ2) is 10.7. The summed E-state index contributed by atoms with van der Waals surface area (Å²) in [6.07, 6.45) is 4.99. The Balaban J connectivity index is 1.13. The molecule has 1 aromatic carbocycles. The zero-order valence-electron chi connectivity index (χ0n) is 22.7. The number of hydrogen-bond acceptors (Lipinski definition) is 9. The van der Waals surface area contributed by atoms with Gasteiger partial charge in [-0.25, -0.2) is 13.4 Å². The highest BCUT2D eigenvalue weighted by Crippen LogP contribution is 2.43. The van der Waals surface area contributed by atoms with E-state index in [0.29, 0.717) is 43.1 Å². The Morgan fingerprint density at radius 1 is 1.18 bits per heavy atom. The molecule has 0 bridgehead atoms. The predicted molar refractivity (Wildman–Crippen MR) is 157 cm³/mol. The predicted octanol–water partition coefficient (Wildman–Crippen LogP) is 4.24. The summed E-state index contributed by atoms with van der Waals surface area (Å²) in [4.78, 5) is 20.0. The summed E-state index contributed by atoms with van der Waals surface area (Å²) >= 11 is 3.05. The molecule has 13 heteroatoms. The number of morpholine rings is 1. The van der Waals surface area contributed by atoms with E-state index in [1.165, 1.54) is 38.6 Å². The number of nitrogens with zero attached hydrogens (tertiary/aromatic N) is 5. The van der Waals surface area contributed by atoms with Crippen LogP contribution in [-0.2, 0) is 32.4 Å². The lowest BCUT2D eigenvalue weighted by molar-refractivity contribution is -0.113. The van der Waals surface area contributed by atoms with E-state index in [2.05, 4.69) is 36.3 Å². The summed E-state index contributed by atoms with van der Waals surface area (Å²) < 4.78 is 34.2. The van der Waals surface area contributed by atoms with Crippen molar-refractivity contribution >= 4 is 60.6 Å². The largest absolute Gasteiger partial charge is 0.379 e. The Bertz CT molecular complexity index is 1670. The number of anilines is 1. The molecule has 4 heterocycles. The van der Waals surface area contributed by atoms with Gasteiger partial charge >= 0.3 is 0 Å². The summed E-state index contributed by atoms with van der Waals surface area (Å²) in [5, 5.41) is 13.4. The van der Waals surface area contributed by atoms with Gasteiger partial charge in [-0.05, 0) is 60.4 Å². The Morgan fingerprint density at radius 2 is 1.93 bits per heavy atom. The normalized spacial score (nSPS) is 18.7. The van der Waals surface area contributed by atoms with Crippen molar-refractivity contribution in [1.82, 2.24) is 23.9 Å². The number of carbonyl (C=O) groups is 1. The highest BCUT2D eigenvalue weighted by molar-refractivity contribution is 7.99. The topological polar surface area (TPSA) is 119 Å². The third-order valence-electron chi connectivity index (χ3n) is 7.73. The van der Waals surface area contributed by atoms with Gasteiger partial charge < -0.3 is 10.1 Å². The van der Waals surface area contributed by atoms with Crippen LogP contribution < -0.4 is 5.32 Å². The van der Waals surface area contributed by atoms with Crippen LogP contribution >= 0.6 is 23.1 Å². The Labute approximate surface area is 241 Å². The van der Waals surface area contributed by atoms with Gasteiger partial charge in [0.15, 0.2) is 10.8 Å². The molecule has 2 aliphatic rings. The van der Waals surface area contributed by atoms with Crippen molar-refractivity contribution in [3.63, 3.8) is 0 Å². The lowest BCUT2D eigenvalue weighted by atomic mass is 9.72. The van der Waals surface area contributed by atoms with E-state index in [9.17, 15) is 13.2 Å². The van der Waals surface area contributed by atoms with Crippen molar-refractivity contribution in [3.05, 3.63) is 41.0 Å². The van der Waals surface area contributed by atoms with E-state index < -0.39 is 10.0 Å². The second-order valence-electron chi connectivity index (χ2n) is 11.3. The molecule has 0 spiro atoms. The number of sulfonamides is 1. The third kappa shape index (κ3) is 5.25. The first-order valence-electron chi connectivity index (χ1n) is 13.4. The Morgan fingerprint density at radius 3 is 2.65 bits per heavy atom. The van der Waals surface area contributed by atoms with Crippen LogP contribution in [0.1, 0.15) is 37.6 Å². The van der Waals surface area contributed by atoms with Crippen LogP contribution in [0.15, 0.2) is 40.6 Å². The van der Waals surface area contributed by atoms with Crippen LogP contribution in [0.2, 0.25) is 0 Å². The molecule has 0 radical (unpaired) electrons. The minimum Gasteiger partial charge on any atom is -0.379 e. The number of aryl methyl sites for hydroxylation is 1. The maximum Gasteiger partial charge on any atom is 0.243 e. The lowest BCUT2D eigenvalue weighted by Crippen LogP contribution is -2.40. The molecule has 1 fully saturated rings. The minimum absolute atomic E-state index is 0.127. The first-order valence-corrected chi connectivity index (χ1v) is 16.6. The van der Waals surface area contributed by atoms with Gasteiger partial charge in [-0.15, -0.1) is 21.5 Å². The van der Waals surface area contributed by atoms with Crippen LogP contribution in [0.5, 0.6) is 0 Å². The number of benzene rings is 1. The van der Waals surface area contributed by atoms with Crippen molar-refractivity contribution in [3.8, 4) is 0 Å². The average Bonchev–Trinajstić information content (AvgIpc) is 3.52. The van der Waals surface area contributed by atoms with Gasteiger partial charge in [-0.1, -0.05) is 32.5 Å². The van der Waals surface area contributed by atoms with E-state index in [0.717, 1.165) is 35.1 Å². The van der Waals surface area contributed by atoms with Gasteiger partial charge in [0.25, 0.3) is 0 Å². The third-order valence-corrected chi connectivity index (χ3v) is 11.7. The van der Waals surface area contributed by atoms with Gasteiger partial charge in [-0.3, -0.25) is 9.20 Å². The van der Waals surface area contributed by atoms with E-state index in [1.807, 2.05) is 4.40 Å². The summed E-state index contributed by atoms with van der Waals surface area (Å²) in [6.45, 7) is 8.40. The zero-order chi connectivity index (χ0) is 28.1. The number of thioether (sulfide) groups is 1. The lowest BCUT2D eigenvalue weighted by Gasteiger charge is -2.33. The molecule has 3 aromatic heterocycles. The summed E-state index contributed by atoms with van der Waals surface area (Å²) in [5.41, 5.74) is 2.94. The summed E-state index contributed by atoms with van der Waals surface area (Å²) in [7, 11) is -3.58. The molecular weight excluding hydrogens is 569 g/mol. The molecule has 40 heavy (non-hydrogen) atoms. The van der Waals surface area contributed by atoms with Crippen LogP contribution in [0.3, 0.4) is 0 Å². The minimum atomic E-state index is -3.58. The molecule has 1 amide bonds. The zero-order valence-corrected chi connectivity index (χ0v) is 25.2. The van der Waals surface area contributed by atoms with Crippen molar-refractivity contribution in [2.24, 2.45) is 11.3 Å². The number of thiophene rings is 1. The van der Waals surface area contributed by atoms with Crippen molar-refractivity contribution in [2.75, 3.05) is 37.4 Å². The standard InChI is InChI=1S/C27H32N6O4S3/c1-27(2,3)17-4-9-20-21(14-17)39-25-23(20)24-30-31-26(33(24)16-28-25)38-15-22(34)29-18-5-7-19(8-6-18)40(35,36)32-10-12-37-13-11-32/h5-8,16-17H,4,9-15H2,1-3H3,(H,29,34)/t17-/m1/s1. The average molecular weight is 601 g/mol. The molecule has 1 aliphatic heterocycles. The fourth-order valence-corrected chi connectivity index (χ4v) is 8.74. The van der Waals surface area contributed by atoms with E-state index >= 15 is 0 Å². The van der Waals surface area contributed by atoms with Crippen LogP contribution in [0.4, 0.5) is 5.69 Å². The number of hydrogen-bond donors (Lipinski definition) is 1. The maximum atomic E-state index is 12.8. The quantitative estimate of drug-likeness (QED) is 0.327. The van der Waals surface area contributed by atoms with Crippen LogP contribution in [0.25, 0.3) is 15.9 Å². The van der Waals surface area contributed by atoms with Gasteiger partial charge in [0.2, 0.25) is 15.9 Å². The Kier molecular flexibility index (Phi) is 7.36. The Hall–Kier alpha value is -2.58. The fraction of sp³-hybridized carbons (Fsp3) is 0.481. The fourth-order valence-electron chi connectivity index (χ4n) is 5.37. The molecule has 212 valence electrons. The highest BCUT2D eigenvalue weighted by Gasteiger charge is 2.32. The maximum absolute atomic E-state index is 12.8. The number of amides is 1. The molecule has 10 nitrogen and oxygen atoms in total. The van der Waals surface area contributed by atoms with Gasteiger partial charge in [-0.2, -0.15) is 4.31 Å². The van der Waals surface area contributed by atoms with Gasteiger partial charge in [0.05, 0.1) is 29.2 Å². The molecule has 6 rings (SSSR count). The van der Waals surface area contributed by atoms with Crippen molar-refractivity contribution < 1.29 is 17.9 Å². The smallest absolute Gasteiger partial charge is 0.243 e. The number of nitrogens with one attached hydrogen (secondary N) is 1. The number of aromatic nitrogens is 4. The van der Waals surface area contributed by atoms with E-state index in [1.54, 1.807) is 29.8 Å². The van der Waals surface area contributed by atoms with Gasteiger partial charge in [0, 0.05) is 23.7 Å². The summed E-state index contributed by atoms with van der Waals surface area (Å²) in [5.74, 6) is 0.555. The monoisotopic (exact) mass is 600 g/mol. The highest BCUT2D eigenvalue weighted by atomic mass is 32.2. The number of carbonyl (C=O) groups excluding carboxylic acids is 1. The van der Waals surface area contributed by atoms with E-state index in [-0.39, 0.29) is 22.0 Å². The first-order chi connectivity index (χ1) is 19.1. The summed E-state index contributed by atoms with van der Waals surface area (Å²) in [6, 6.07) is 6.24. The van der Waals surface area contributed by atoms with E-state index in [4.69, 9.17) is 9.72 Å². The number of fused-ring (bicyclic) bond motifs is 5.